The molecule has 0 unspecified atom stereocenters. The van der Waals surface area contributed by atoms with Crippen molar-refractivity contribution in [2.24, 2.45) is 0 Å². The number of rotatable bonds is 12. The van der Waals surface area contributed by atoms with Crippen molar-refractivity contribution >= 4 is 33.2 Å². The van der Waals surface area contributed by atoms with Crippen molar-refractivity contribution in [2.75, 3.05) is 19.8 Å². The summed E-state index contributed by atoms with van der Waals surface area (Å²) in [6.45, 7) is 14.1. The summed E-state index contributed by atoms with van der Waals surface area (Å²) in [6, 6.07) is 8.86. The first-order valence-electron chi connectivity index (χ1n) is 13.2. The second-order valence-corrected chi connectivity index (χ2v) is 10.2. The van der Waals surface area contributed by atoms with Gasteiger partial charge in [-0.3, -0.25) is 0 Å². The van der Waals surface area contributed by atoms with Gasteiger partial charge in [0.05, 0.1) is 59.4 Å². The number of hydrogen-bond donors (Lipinski definition) is 1. The van der Waals surface area contributed by atoms with Crippen LogP contribution < -0.4 is 9.47 Å². The Balaban J connectivity index is 1.69. The number of benzene rings is 2. The number of aromatic nitrogens is 1. The van der Waals surface area contributed by atoms with Gasteiger partial charge in [-0.1, -0.05) is 18.9 Å². The fourth-order valence-electron chi connectivity index (χ4n) is 4.76. The molecule has 1 aliphatic carbocycles. The lowest BCUT2D eigenvalue weighted by molar-refractivity contribution is -0.0753. The van der Waals surface area contributed by atoms with Crippen LogP contribution >= 0.6 is 11.3 Å². The Kier molecular flexibility index (Phi) is 9.56. The minimum Gasteiger partial charge on any atom is -0.505 e. The maximum absolute atomic E-state index is 12.5. The number of aliphatic hydroxyl groups is 1. The van der Waals surface area contributed by atoms with Crippen LogP contribution in [0.5, 0.6) is 11.5 Å². The molecule has 0 radical (unpaired) electrons. The third-order valence-corrected chi connectivity index (χ3v) is 7.51. The standard InChI is InChI=1S/C29H34N2O6S/c1-5-34-21-15-18(16-22(35-6-2)27(21)30-4)28(32)23(37-19-11-8-9-12-19)17-25-31-26-20(29(33)36-7-3)13-10-14-24(26)38-25/h10,13-16,19,23,28,32H,5-9,11-12,17H2,1-3H3/t23-,28+/m0/s1. The van der Waals surface area contributed by atoms with Crippen LogP contribution in [0.15, 0.2) is 30.3 Å². The van der Waals surface area contributed by atoms with E-state index >= 15 is 0 Å². The summed E-state index contributed by atoms with van der Waals surface area (Å²) in [5, 5.41) is 12.4. The van der Waals surface area contributed by atoms with Gasteiger partial charge in [0, 0.05) is 6.42 Å². The van der Waals surface area contributed by atoms with Crippen LogP contribution in [0.1, 0.15) is 73.5 Å². The van der Waals surface area contributed by atoms with E-state index in [0.29, 0.717) is 47.8 Å². The lowest BCUT2D eigenvalue weighted by Crippen LogP contribution is -2.29. The molecule has 2 aromatic carbocycles. The van der Waals surface area contributed by atoms with Crippen LogP contribution in [-0.4, -0.2) is 48.1 Å². The zero-order valence-corrected chi connectivity index (χ0v) is 22.9. The maximum atomic E-state index is 12.5. The number of aliphatic hydroxyl groups excluding tert-OH is 1. The molecule has 1 N–H and O–H groups in total. The molecular formula is C29H34N2O6S. The van der Waals surface area contributed by atoms with E-state index in [1.807, 2.05) is 26.0 Å². The van der Waals surface area contributed by atoms with Crippen molar-refractivity contribution in [3.63, 3.8) is 0 Å². The second kappa shape index (κ2) is 13.1. The molecule has 8 nitrogen and oxygen atoms in total. The Morgan fingerprint density at radius 2 is 1.82 bits per heavy atom. The summed E-state index contributed by atoms with van der Waals surface area (Å²) in [5.41, 5.74) is 1.87. The van der Waals surface area contributed by atoms with Crippen molar-refractivity contribution < 1.29 is 28.8 Å². The third-order valence-electron chi connectivity index (χ3n) is 6.47. The van der Waals surface area contributed by atoms with Gasteiger partial charge in [-0.25, -0.2) is 14.6 Å². The van der Waals surface area contributed by atoms with E-state index < -0.39 is 18.2 Å². The van der Waals surface area contributed by atoms with Gasteiger partial charge in [-0.2, -0.15) is 0 Å². The minimum absolute atomic E-state index is 0.0550. The normalized spacial score (nSPS) is 15.2. The summed E-state index contributed by atoms with van der Waals surface area (Å²) in [6.07, 6.45) is 2.90. The molecule has 0 spiro atoms. The van der Waals surface area contributed by atoms with E-state index in [0.717, 1.165) is 35.4 Å². The largest absolute Gasteiger partial charge is 0.505 e. The molecule has 0 saturated heterocycles. The second-order valence-electron chi connectivity index (χ2n) is 9.05. The molecule has 0 bridgehead atoms. The highest BCUT2D eigenvalue weighted by Gasteiger charge is 2.30. The minimum atomic E-state index is -1.01. The average Bonchev–Trinajstić information content (AvgIpc) is 3.57. The predicted molar refractivity (Wildman–Crippen MR) is 146 cm³/mol. The van der Waals surface area contributed by atoms with Gasteiger partial charge in [-0.05, 0) is 63.4 Å². The van der Waals surface area contributed by atoms with E-state index in [1.54, 1.807) is 25.1 Å². The number of fused-ring (bicyclic) bond motifs is 1. The molecule has 2 atom stereocenters. The van der Waals surface area contributed by atoms with Crippen LogP contribution in [0.2, 0.25) is 0 Å². The van der Waals surface area contributed by atoms with Crippen molar-refractivity contribution in [3.05, 3.63) is 57.9 Å². The molecule has 1 fully saturated rings. The molecule has 0 amide bonds. The molecule has 4 rings (SSSR count). The predicted octanol–water partition coefficient (Wildman–Crippen LogP) is 6.43. The molecular weight excluding hydrogens is 504 g/mol. The van der Waals surface area contributed by atoms with E-state index in [-0.39, 0.29) is 18.4 Å². The van der Waals surface area contributed by atoms with E-state index in [4.69, 9.17) is 30.5 Å². The zero-order chi connectivity index (χ0) is 27.1. The highest BCUT2D eigenvalue weighted by molar-refractivity contribution is 7.18. The molecule has 1 aliphatic rings. The Labute approximate surface area is 227 Å². The van der Waals surface area contributed by atoms with Gasteiger partial charge in [-0.15, -0.1) is 11.3 Å². The van der Waals surface area contributed by atoms with Crippen LogP contribution in [0.4, 0.5) is 5.69 Å². The summed E-state index contributed by atoms with van der Waals surface area (Å²) in [5.74, 6) is 0.350. The highest BCUT2D eigenvalue weighted by atomic mass is 32.1. The quantitative estimate of drug-likeness (QED) is 0.210. The topological polar surface area (TPSA) is 91.5 Å². The molecule has 1 saturated carbocycles. The Hall–Kier alpha value is -3.19. The number of esters is 1. The third kappa shape index (κ3) is 6.26. The number of hydrogen-bond acceptors (Lipinski definition) is 8. The van der Waals surface area contributed by atoms with Crippen molar-refractivity contribution in [1.82, 2.24) is 4.98 Å². The molecule has 3 aromatic rings. The monoisotopic (exact) mass is 538 g/mol. The van der Waals surface area contributed by atoms with E-state index in [1.165, 1.54) is 11.3 Å². The van der Waals surface area contributed by atoms with Gasteiger partial charge >= 0.3 is 5.97 Å². The molecule has 9 heteroatoms. The van der Waals surface area contributed by atoms with Crippen LogP contribution in [0.25, 0.3) is 15.1 Å². The number of carbonyl (C=O) groups excluding carboxylic acids is 1. The molecule has 0 aliphatic heterocycles. The summed E-state index contributed by atoms with van der Waals surface area (Å²) in [4.78, 5) is 20.8. The number of para-hydroxylation sites is 1. The Morgan fingerprint density at radius 3 is 2.42 bits per heavy atom. The average molecular weight is 539 g/mol. The number of ether oxygens (including phenoxy) is 4. The fraction of sp³-hybridized carbons (Fsp3) is 0.483. The Bertz CT molecular complexity index is 1270. The lowest BCUT2D eigenvalue weighted by atomic mass is 10.00. The van der Waals surface area contributed by atoms with Crippen LogP contribution in [-0.2, 0) is 15.9 Å². The first kappa shape index (κ1) is 27.8. The van der Waals surface area contributed by atoms with E-state index in [2.05, 4.69) is 4.85 Å². The van der Waals surface area contributed by atoms with E-state index in [9.17, 15) is 9.90 Å². The van der Waals surface area contributed by atoms with Gasteiger partial charge in [0.2, 0.25) is 0 Å². The highest BCUT2D eigenvalue weighted by Crippen LogP contribution is 2.42. The van der Waals surface area contributed by atoms with Gasteiger partial charge in [0.15, 0.2) is 0 Å². The van der Waals surface area contributed by atoms with Crippen LogP contribution in [0.3, 0.4) is 0 Å². The number of carbonyl (C=O) groups is 1. The van der Waals surface area contributed by atoms with Gasteiger partial charge in [0.1, 0.15) is 17.6 Å². The first-order chi connectivity index (χ1) is 18.5. The molecule has 1 aromatic heterocycles. The van der Waals surface area contributed by atoms with Crippen molar-refractivity contribution in [1.29, 1.82) is 0 Å². The molecule has 202 valence electrons. The summed E-state index contributed by atoms with van der Waals surface area (Å²) >= 11 is 1.48. The lowest BCUT2D eigenvalue weighted by Gasteiger charge is -2.27. The summed E-state index contributed by atoms with van der Waals surface area (Å²) < 4.78 is 24.0. The van der Waals surface area contributed by atoms with Gasteiger partial charge < -0.3 is 24.1 Å². The van der Waals surface area contributed by atoms with Crippen molar-refractivity contribution in [3.8, 4) is 11.5 Å². The zero-order valence-electron chi connectivity index (χ0n) is 22.1. The SMILES string of the molecule is [C-]#[N+]c1c(OCC)cc([C@@H](O)[C@H](Cc2nc3c(C(=O)OCC)cccc3s2)OC2CCCC2)cc1OCC. The van der Waals surface area contributed by atoms with Crippen molar-refractivity contribution in [2.45, 2.75) is 71.2 Å². The first-order valence-corrected chi connectivity index (χ1v) is 14.0. The van der Waals surface area contributed by atoms with Gasteiger partial charge in [0.25, 0.3) is 5.69 Å². The maximum Gasteiger partial charge on any atom is 0.340 e. The fourth-order valence-corrected chi connectivity index (χ4v) is 5.80. The van der Waals surface area contributed by atoms with Crippen LogP contribution in [0, 0.1) is 6.57 Å². The number of nitrogens with zero attached hydrogens (tertiary/aromatic N) is 2. The molecule has 1 heterocycles. The molecule has 38 heavy (non-hydrogen) atoms. The number of thiazole rings is 1. The summed E-state index contributed by atoms with van der Waals surface area (Å²) in [7, 11) is 0. The Morgan fingerprint density at radius 1 is 1.13 bits per heavy atom. The smallest absolute Gasteiger partial charge is 0.340 e.